The Kier molecular flexibility index (Phi) is 5.63. The van der Waals surface area contributed by atoms with Crippen molar-refractivity contribution in [2.45, 2.75) is 52.2 Å². The number of hydrogen-bond donors (Lipinski definition) is 2. The van der Waals surface area contributed by atoms with Crippen LogP contribution in [0.3, 0.4) is 0 Å². The summed E-state index contributed by atoms with van der Waals surface area (Å²) in [5.74, 6) is 0. The molecule has 2 N–H and O–H groups in total. The fourth-order valence-electron chi connectivity index (χ4n) is 3.42. The molecular formula is C23H26N8O. The molecule has 0 saturated heterocycles. The molecule has 9 heteroatoms. The van der Waals surface area contributed by atoms with Crippen LogP contribution in [-0.4, -0.2) is 46.3 Å². The zero-order valence-corrected chi connectivity index (χ0v) is 18.6. The highest BCUT2D eigenvalue weighted by atomic mass is 16.3. The van der Waals surface area contributed by atoms with Gasteiger partial charge in [-0.25, -0.2) is 9.20 Å². The van der Waals surface area contributed by atoms with Crippen LogP contribution in [0.15, 0.2) is 42.9 Å². The Hall–Kier alpha value is -3.77. The first-order valence-corrected chi connectivity index (χ1v) is 10.5. The van der Waals surface area contributed by atoms with Crippen LogP contribution in [0.25, 0.3) is 22.6 Å². The van der Waals surface area contributed by atoms with E-state index in [1.165, 1.54) is 0 Å². The zero-order chi connectivity index (χ0) is 22.9. The summed E-state index contributed by atoms with van der Waals surface area (Å²) in [4.78, 5) is 4.66. The number of fused-ring (bicyclic) bond motifs is 1. The second kappa shape index (κ2) is 8.40. The number of aryl methyl sites for hydroxylation is 1. The lowest BCUT2D eigenvalue weighted by molar-refractivity contribution is 0.0711. The maximum absolute atomic E-state index is 9.97. The van der Waals surface area contributed by atoms with Gasteiger partial charge in [0.15, 0.2) is 0 Å². The summed E-state index contributed by atoms with van der Waals surface area (Å²) in [5.41, 5.74) is 4.62. The molecule has 0 saturated carbocycles. The number of hydrogen-bond acceptors (Lipinski definition) is 7. The highest BCUT2D eigenvalue weighted by Gasteiger charge is 2.16. The molecule has 4 aromatic rings. The summed E-state index contributed by atoms with van der Waals surface area (Å²) in [7, 11) is 0. The SMILES string of the molecule is CC(C)Nc1cc(-c2ccc3cc(C#N)cnn23)ncc1-n1cc(CCC(C)(C)O)nn1. The zero-order valence-electron chi connectivity index (χ0n) is 18.6. The summed E-state index contributed by atoms with van der Waals surface area (Å²) >= 11 is 0. The molecule has 0 spiro atoms. The third kappa shape index (κ3) is 4.60. The van der Waals surface area contributed by atoms with Gasteiger partial charge in [0.1, 0.15) is 11.8 Å². The second-order valence-corrected chi connectivity index (χ2v) is 8.76. The van der Waals surface area contributed by atoms with Crippen molar-refractivity contribution >= 4 is 11.2 Å². The van der Waals surface area contributed by atoms with E-state index in [4.69, 9.17) is 5.26 Å². The average molecular weight is 431 g/mol. The molecule has 9 nitrogen and oxygen atoms in total. The monoisotopic (exact) mass is 430 g/mol. The molecule has 0 aliphatic carbocycles. The van der Waals surface area contributed by atoms with E-state index in [0.29, 0.717) is 18.4 Å². The Balaban J connectivity index is 1.70. The Morgan fingerprint density at radius 1 is 1.22 bits per heavy atom. The molecule has 164 valence electrons. The van der Waals surface area contributed by atoms with Crippen LogP contribution in [0, 0.1) is 11.3 Å². The standard InChI is InChI=1S/C23H26N8O/c1-15(2)27-20-10-19(21-6-5-18-9-16(11-24)12-26-31(18)21)25-13-22(20)30-14-17(28-29-30)7-8-23(3,4)32/h5-6,9-10,12-15,32H,7-8H2,1-4H3,(H,25,27). The third-order valence-corrected chi connectivity index (χ3v) is 5.00. The maximum Gasteiger partial charge on any atom is 0.108 e. The minimum atomic E-state index is -0.751. The van der Waals surface area contributed by atoms with Crippen LogP contribution in [0.4, 0.5) is 5.69 Å². The first-order chi connectivity index (χ1) is 15.2. The van der Waals surface area contributed by atoms with Gasteiger partial charge < -0.3 is 10.4 Å². The van der Waals surface area contributed by atoms with E-state index in [1.807, 2.05) is 24.4 Å². The quantitative estimate of drug-likeness (QED) is 0.461. The fourth-order valence-corrected chi connectivity index (χ4v) is 3.42. The highest BCUT2D eigenvalue weighted by Crippen LogP contribution is 2.27. The van der Waals surface area contributed by atoms with Gasteiger partial charge in [0.25, 0.3) is 0 Å². The van der Waals surface area contributed by atoms with E-state index in [0.717, 1.165) is 34.0 Å². The molecule has 4 aromatic heterocycles. The first kappa shape index (κ1) is 21.5. The Morgan fingerprint density at radius 2 is 2.03 bits per heavy atom. The van der Waals surface area contributed by atoms with Crippen molar-refractivity contribution in [3.63, 3.8) is 0 Å². The lowest BCUT2D eigenvalue weighted by Gasteiger charge is -2.16. The number of aliphatic hydroxyl groups is 1. The number of nitrogens with one attached hydrogen (secondary N) is 1. The number of rotatable bonds is 7. The van der Waals surface area contributed by atoms with Crippen LogP contribution >= 0.6 is 0 Å². The molecule has 0 unspecified atom stereocenters. The van der Waals surface area contributed by atoms with Gasteiger partial charge in [-0.3, -0.25) is 4.98 Å². The highest BCUT2D eigenvalue weighted by molar-refractivity contribution is 5.71. The third-order valence-electron chi connectivity index (χ3n) is 5.00. The second-order valence-electron chi connectivity index (χ2n) is 8.76. The predicted molar refractivity (Wildman–Crippen MR) is 121 cm³/mol. The van der Waals surface area contributed by atoms with Crippen molar-refractivity contribution in [2.75, 3.05) is 5.32 Å². The first-order valence-electron chi connectivity index (χ1n) is 10.5. The minimum absolute atomic E-state index is 0.197. The number of pyridine rings is 1. The van der Waals surface area contributed by atoms with E-state index in [-0.39, 0.29) is 6.04 Å². The molecule has 0 bridgehead atoms. The molecule has 32 heavy (non-hydrogen) atoms. The van der Waals surface area contributed by atoms with Gasteiger partial charge >= 0.3 is 0 Å². The number of aromatic nitrogens is 6. The molecule has 4 rings (SSSR count). The Bertz CT molecular complexity index is 1290. The van der Waals surface area contributed by atoms with E-state index in [2.05, 4.69) is 45.6 Å². The van der Waals surface area contributed by atoms with Crippen LogP contribution in [0.2, 0.25) is 0 Å². The number of nitrogens with zero attached hydrogens (tertiary/aromatic N) is 7. The number of nitriles is 1. The Morgan fingerprint density at radius 3 is 2.75 bits per heavy atom. The van der Waals surface area contributed by atoms with Gasteiger partial charge in [-0.15, -0.1) is 5.10 Å². The summed E-state index contributed by atoms with van der Waals surface area (Å²) in [6.45, 7) is 7.70. The van der Waals surface area contributed by atoms with E-state index >= 15 is 0 Å². The summed E-state index contributed by atoms with van der Waals surface area (Å²) < 4.78 is 3.47. The molecule has 0 fully saturated rings. The molecule has 0 aliphatic heterocycles. The largest absolute Gasteiger partial charge is 0.390 e. The average Bonchev–Trinajstić information content (AvgIpc) is 3.38. The van der Waals surface area contributed by atoms with Crippen LogP contribution in [0.5, 0.6) is 0 Å². The molecule has 0 atom stereocenters. The van der Waals surface area contributed by atoms with Gasteiger partial charge in [-0.2, -0.15) is 10.4 Å². The van der Waals surface area contributed by atoms with Gasteiger partial charge in [0.2, 0.25) is 0 Å². The molecule has 0 amide bonds. The van der Waals surface area contributed by atoms with Crippen molar-refractivity contribution < 1.29 is 5.11 Å². The Labute approximate surface area is 186 Å². The van der Waals surface area contributed by atoms with Gasteiger partial charge in [-0.1, -0.05) is 5.21 Å². The van der Waals surface area contributed by atoms with Crippen LogP contribution < -0.4 is 5.32 Å². The van der Waals surface area contributed by atoms with Gasteiger partial charge in [0, 0.05) is 6.04 Å². The van der Waals surface area contributed by atoms with Crippen molar-refractivity contribution in [2.24, 2.45) is 0 Å². The van der Waals surface area contributed by atoms with Crippen LogP contribution in [0.1, 0.15) is 45.4 Å². The molecule has 4 heterocycles. The lowest BCUT2D eigenvalue weighted by Crippen LogP contribution is -2.19. The van der Waals surface area contributed by atoms with Crippen molar-refractivity contribution in [3.8, 4) is 23.1 Å². The summed E-state index contributed by atoms with van der Waals surface area (Å²) in [6, 6.07) is 9.93. The molecule has 0 aromatic carbocycles. The van der Waals surface area contributed by atoms with Crippen molar-refractivity contribution in [1.29, 1.82) is 5.26 Å². The summed E-state index contributed by atoms with van der Waals surface area (Å²) in [5, 5.41) is 35.5. The molecule has 0 radical (unpaired) electrons. The van der Waals surface area contributed by atoms with Gasteiger partial charge in [-0.05, 0) is 64.8 Å². The van der Waals surface area contributed by atoms with Gasteiger partial charge in [0.05, 0.1) is 58.0 Å². The maximum atomic E-state index is 9.97. The predicted octanol–water partition coefficient (Wildman–Crippen LogP) is 3.37. The van der Waals surface area contributed by atoms with Crippen molar-refractivity contribution in [3.05, 3.63) is 54.1 Å². The summed E-state index contributed by atoms with van der Waals surface area (Å²) in [6.07, 6.45) is 6.40. The minimum Gasteiger partial charge on any atom is -0.390 e. The molecular weight excluding hydrogens is 404 g/mol. The van der Waals surface area contributed by atoms with E-state index in [9.17, 15) is 5.11 Å². The fraction of sp³-hybridized carbons (Fsp3) is 0.348. The smallest absolute Gasteiger partial charge is 0.108 e. The van der Waals surface area contributed by atoms with E-state index < -0.39 is 5.60 Å². The number of anilines is 1. The molecule has 0 aliphatic rings. The normalized spacial score (nSPS) is 11.8. The van der Waals surface area contributed by atoms with E-state index in [1.54, 1.807) is 41.5 Å². The van der Waals surface area contributed by atoms with Crippen LogP contribution in [-0.2, 0) is 6.42 Å². The van der Waals surface area contributed by atoms with Crippen molar-refractivity contribution in [1.82, 2.24) is 29.6 Å². The topological polar surface area (TPSA) is 117 Å². The lowest BCUT2D eigenvalue weighted by atomic mass is 10.0.